The molecule has 0 N–H and O–H groups in total. The molecule has 0 bridgehead atoms. The first-order valence-corrected chi connectivity index (χ1v) is 5.99. The summed E-state index contributed by atoms with van der Waals surface area (Å²) in [7, 11) is 0. The first-order valence-electron chi connectivity index (χ1n) is 5.99. The largest absolute Gasteiger partial charge is 0.486 e. The molecule has 2 aromatic carbocycles. The van der Waals surface area contributed by atoms with E-state index in [1.165, 1.54) is 0 Å². The minimum atomic E-state index is 0.528. The molecule has 0 atom stereocenters. The molecule has 0 spiro atoms. The zero-order chi connectivity index (χ0) is 12.2. The lowest BCUT2D eigenvalue weighted by Crippen LogP contribution is -2.16. The summed E-state index contributed by atoms with van der Waals surface area (Å²) in [6.07, 6.45) is 0. The average Bonchev–Trinajstić information content (AvgIpc) is 2.46. The molecule has 0 unspecified atom stereocenters. The van der Waals surface area contributed by atoms with E-state index in [1.54, 1.807) is 0 Å². The Hall–Kier alpha value is -2.16. The van der Waals surface area contributed by atoms with Crippen LogP contribution in [0, 0.1) is 0 Å². The van der Waals surface area contributed by atoms with Crippen LogP contribution in [0.5, 0.6) is 17.2 Å². The van der Waals surface area contributed by atoms with Crippen molar-refractivity contribution in [1.82, 2.24) is 0 Å². The Balaban J connectivity index is 1.77. The van der Waals surface area contributed by atoms with E-state index in [1.807, 2.05) is 48.5 Å². The third kappa shape index (κ3) is 2.25. The van der Waals surface area contributed by atoms with E-state index in [0.29, 0.717) is 25.6 Å². The van der Waals surface area contributed by atoms with Crippen molar-refractivity contribution in [3.63, 3.8) is 0 Å². The Morgan fingerprint density at radius 1 is 0.889 bits per heavy atom. The number of rotatable bonds is 3. The summed E-state index contributed by atoms with van der Waals surface area (Å²) >= 11 is 0. The Kier molecular flexibility index (Phi) is 3.05. The fourth-order valence-electron chi connectivity index (χ4n) is 1.90. The summed E-state index contributed by atoms with van der Waals surface area (Å²) in [6.45, 7) is 1.69. The van der Waals surface area contributed by atoms with Gasteiger partial charge in [-0.1, -0.05) is 36.4 Å². The first kappa shape index (κ1) is 11.0. The van der Waals surface area contributed by atoms with E-state index in [2.05, 4.69) is 0 Å². The maximum Gasteiger partial charge on any atom is 0.203 e. The molecule has 1 aliphatic rings. The average molecular weight is 242 g/mol. The number of ether oxygens (including phenoxy) is 3. The Morgan fingerprint density at radius 3 is 2.61 bits per heavy atom. The van der Waals surface area contributed by atoms with Crippen LogP contribution >= 0.6 is 0 Å². The van der Waals surface area contributed by atoms with Crippen molar-refractivity contribution in [2.24, 2.45) is 0 Å². The van der Waals surface area contributed by atoms with Gasteiger partial charge >= 0.3 is 0 Å². The van der Waals surface area contributed by atoms with Crippen LogP contribution in [-0.4, -0.2) is 13.2 Å². The summed E-state index contributed by atoms with van der Waals surface area (Å²) in [5, 5.41) is 0. The van der Waals surface area contributed by atoms with Crippen molar-refractivity contribution < 1.29 is 14.2 Å². The lowest BCUT2D eigenvalue weighted by Gasteiger charge is -2.20. The van der Waals surface area contributed by atoms with E-state index < -0.39 is 0 Å². The Bertz CT molecular complexity index is 523. The quantitative estimate of drug-likeness (QED) is 0.828. The summed E-state index contributed by atoms with van der Waals surface area (Å²) < 4.78 is 16.9. The van der Waals surface area contributed by atoms with Gasteiger partial charge in [0, 0.05) is 0 Å². The third-order valence-electron chi connectivity index (χ3n) is 2.77. The zero-order valence-electron chi connectivity index (χ0n) is 9.96. The summed E-state index contributed by atoms with van der Waals surface area (Å²) in [5.41, 5.74) is 1.13. The molecule has 0 saturated heterocycles. The molecule has 3 heteroatoms. The van der Waals surface area contributed by atoms with Crippen LogP contribution in [-0.2, 0) is 6.61 Å². The summed E-state index contributed by atoms with van der Waals surface area (Å²) in [4.78, 5) is 0. The maximum atomic E-state index is 5.79. The van der Waals surface area contributed by atoms with E-state index in [-0.39, 0.29) is 0 Å². The van der Waals surface area contributed by atoms with E-state index >= 15 is 0 Å². The standard InChI is InChI=1S/C15H14O3/c1-2-5-12(6-3-1)11-18-14-8-4-7-13-15(14)17-10-9-16-13/h1-8H,9-11H2. The van der Waals surface area contributed by atoms with Crippen LogP contribution < -0.4 is 14.2 Å². The molecule has 18 heavy (non-hydrogen) atoms. The van der Waals surface area contributed by atoms with Gasteiger partial charge in [-0.3, -0.25) is 0 Å². The van der Waals surface area contributed by atoms with Crippen molar-refractivity contribution in [3.8, 4) is 17.2 Å². The van der Waals surface area contributed by atoms with Crippen LogP contribution in [0.2, 0.25) is 0 Å². The van der Waals surface area contributed by atoms with Gasteiger partial charge in [0.1, 0.15) is 19.8 Å². The molecular formula is C15H14O3. The predicted octanol–water partition coefficient (Wildman–Crippen LogP) is 3.04. The number of fused-ring (bicyclic) bond motifs is 1. The van der Waals surface area contributed by atoms with Crippen LogP contribution in [0.4, 0.5) is 0 Å². The number of benzene rings is 2. The van der Waals surface area contributed by atoms with Gasteiger partial charge in [-0.05, 0) is 17.7 Å². The molecule has 0 aromatic heterocycles. The summed E-state index contributed by atoms with van der Waals surface area (Å²) in [6, 6.07) is 15.8. The normalized spacial score (nSPS) is 13.1. The fraction of sp³-hybridized carbons (Fsp3) is 0.200. The third-order valence-corrected chi connectivity index (χ3v) is 2.77. The molecule has 0 aliphatic carbocycles. The van der Waals surface area contributed by atoms with Crippen molar-refractivity contribution in [1.29, 1.82) is 0 Å². The molecule has 2 aromatic rings. The van der Waals surface area contributed by atoms with Gasteiger partial charge in [0.15, 0.2) is 11.5 Å². The molecule has 0 fully saturated rings. The molecule has 0 radical (unpaired) electrons. The van der Waals surface area contributed by atoms with Crippen molar-refractivity contribution in [3.05, 3.63) is 54.1 Å². The van der Waals surface area contributed by atoms with Crippen LogP contribution in [0.15, 0.2) is 48.5 Å². The second-order valence-corrected chi connectivity index (χ2v) is 4.05. The highest BCUT2D eigenvalue weighted by Crippen LogP contribution is 2.39. The summed E-state index contributed by atoms with van der Waals surface area (Å²) in [5.74, 6) is 2.20. The van der Waals surface area contributed by atoms with Gasteiger partial charge < -0.3 is 14.2 Å². The zero-order valence-corrected chi connectivity index (χ0v) is 9.96. The second-order valence-electron chi connectivity index (χ2n) is 4.05. The Morgan fingerprint density at radius 2 is 1.72 bits per heavy atom. The van der Waals surface area contributed by atoms with Gasteiger partial charge in [-0.25, -0.2) is 0 Å². The number of hydrogen-bond acceptors (Lipinski definition) is 3. The Labute approximate surface area is 106 Å². The molecule has 3 rings (SSSR count). The molecule has 1 aliphatic heterocycles. The van der Waals surface area contributed by atoms with Crippen LogP contribution in [0.1, 0.15) is 5.56 Å². The highest BCUT2D eigenvalue weighted by Gasteiger charge is 2.16. The molecular weight excluding hydrogens is 228 g/mol. The highest BCUT2D eigenvalue weighted by atomic mass is 16.6. The van der Waals surface area contributed by atoms with Crippen molar-refractivity contribution in [2.75, 3.05) is 13.2 Å². The minimum Gasteiger partial charge on any atom is -0.486 e. The van der Waals surface area contributed by atoms with E-state index in [4.69, 9.17) is 14.2 Å². The van der Waals surface area contributed by atoms with Gasteiger partial charge in [0.25, 0.3) is 0 Å². The van der Waals surface area contributed by atoms with Crippen LogP contribution in [0.3, 0.4) is 0 Å². The molecule has 0 saturated carbocycles. The SMILES string of the molecule is c1ccc(COc2cccc3c2OCCO3)cc1. The van der Waals surface area contributed by atoms with Crippen LogP contribution in [0.25, 0.3) is 0 Å². The second kappa shape index (κ2) is 5.00. The van der Waals surface area contributed by atoms with Gasteiger partial charge in [-0.15, -0.1) is 0 Å². The highest BCUT2D eigenvalue weighted by molar-refractivity contribution is 5.51. The topological polar surface area (TPSA) is 27.7 Å². The molecule has 92 valence electrons. The fourth-order valence-corrected chi connectivity index (χ4v) is 1.90. The van der Waals surface area contributed by atoms with E-state index in [0.717, 1.165) is 17.1 Å². The first-order chi connectivity index (χ1) is 8.93. The minimum absolute atomic E-state index is 0.528. The van der Waals surface area contributed by atoms with Gasteiger partial charge in [0.05, 0.1) is 0 Å². The predicted molar refractivity (Wildman–Crippen MR) is 68.2 cm³/mol. The molecule has 0 amide bonds. The van der Waals surface area contributed by atoms with E-state index in [9.17, 15) is 0 Å². The maximum absolute atomic E-state index is 5.79. The monoisotopic (exact) mass is 242 g/mol. The van der Waals surface area contributed by atoms with Crippen molar-refractivity contribution >= 4 is 0 Å². The molecule has 1 heterocycles. The molecule has 3 nitrogen and oxygen atoms in total. The number of hydrogen-bond donors (Lipinski definition) is 0. The lowest BCUT2D eigenvalue weighted by atomic mass is 10.2. The van der Waals surface area contributed by atoms with Crippen molar-refractivity contribution in [2.45, 2.75) is 6.61 Å². The van der Waals surface area contributed by atoms with Gasteiger partial charge in [0.2, 0.25) is 5.75 Å². The smallest absolute Gasteiger partial charge is 0.203 e. The number of para-hydroxylation sites is 1. The lowest BCUT2D eigenvalue weighted by molar-refractivity contribution is 0.161. The van der Waals surface area contributed by atoms with Gasteiger partial charge in [-0.2, -0.15) is 0 Å².